The van der Waals surface area contributed by atoms with Crippen LogP contribution in [0.15, 0.2) is 30.6 Å². The van der Waals surface area contributed by atoms with E-state index >= 15 is 0 Å². The van der Waals surface area contributed by atoms with Crippen LogP contribution in [0.25, 0.3) is 16.7 Å². The maximum atomic E-state index is 14.1. The SMILES string of the molecule is Cc1nn(-c2ccccc2F)c2ncnc(NCCOCCO)c12. The molecule has 2 N–H and O–H groups in total. The Morgan fingerprint density at radius 3 is 2.88 bits per heavy atom. The van der Waals surface area contributed by atoms with Crippen LogP contribution < -0.4 is 5.32 Å². The number of rotatable bonds is 7. The van der Waals surface area contributed by atoms with E-state index in [0.717, 1.165) is 5.39 Å². The van der Waals surface area contributed by atoms with Crippen LogP contribution in [0.1, 0.15) is 5.69 Å². The number of aliphatic hydroxyl groups excluding tert-OH is 1. The van der Waals surface area contributed by atoms with E-state index in [0.29, 0.717) is 42.6 Å². The molecule has 0 aliphatic heterocycles. The van der Waals surface area contributed by atoms with Crippen LogP contribution in [0.2, 0.25) is 0 Å². The molecule has 3 rings (SSSR count). The highest BCUT2D eigenvalue weighted by atomic mass is 19.1. The lowest BCUT2D eigenvalue weighted by molar-refractivity contribution is 0.0992. The highest BCUT2D eigenvalue weighted by Crippen LogP contribution is 2.26. The number of halogens is 1. The van der Waals surface area contributed by atoms with E-state index in [1.165, 1.54) is 17.1 Å². The van der Waals surface area contributed by atoms with E-state index in [9.17, 15) is 4.39 Å². The number of aryl methyl sites for hydroxylation is 1. The molecule has 2 heterocycles. The predicted molar refractivity (Wildman–Crippen MR) is 87.7 cm³/mol. The summed E-state index contributed by atoms with van der Waals surface area (Å²) >= 11 is 0. The summed E-state index contributed by atoms with van der Waals surface area (Å²) < 4.78 is 20.8. The van der Waals surface area contributed by atoms with Gasteiger partial charge < -0.3 is 15.2 Å². The van der Waals surface area contributed by atoms with Crippen molar-refractivity contribution in [3.05, 3.63) is 42.1 Å². The number of hydrogen-bond acceptors (Lipinski definition) is 6. The summed E-state index contributed by atoms with van der Waals surface area (Å²) in [7, 11) is 0. The molecule has 24 heavy (non-hydrogen) atoms. The van der Waals surface area contributed by atoms with Crippen molar-refractivity contribution < 1.29 is 14.2 Å². The summed E-state index contributed by atoms with van der Waals surface area (Å²) in [4.78, 5) is 8.50. The van der Waals surface area contributed by atoms with Gasteiger partial charge in [0.15, 0.2) is 5.65 Å². The minimum Gasteiger partial charge on any atom is -0.394 e. The zero-order valence-corrected chi connectivity index (χ0v) is 13.2. The summed E-state index contributed by atoms with van der Waals surface area (Å²) in [6.07, 6.45) is 1.41. The van der Waals surface area contributed by atoms with E-state index in [1.54, 1.807) is 18.2 Å². The van der Waals surface area contributed by atoms with Crippen molar-refractivity contribution in [2.75, 3.05) is 31.7 Å². The summed E-state index contributed by atoms with van der Waals surface area (Å²) in [6.45, 7) is 3.08. The van der Waals surface area contributed by atoms with Gasteiger partial charge in [0.25, 0.3) is 0 Å². The van der Waals surface area contributed by atoms with Gasteiger partial charge in [-0.05, 0) is 19.1 Å². The normalized spacial score (nSPS) is 11.1. The molecular formula is C16H18FN5O2. The molecule has 0 spiro atoms. The molecule has 0 unspecified atom stereocenters. The Bertz CT molecular complexity index is 836. The van der Waals surface area contributed by atoms with Gasteiger partial charge in [-0.3, -0.25) is 0 Å². The predicted octanol–water partition coefficient (Wildman–Crippen LogP) is 1.68. The second kappa shape index (κ2) is 7.33. The molecule has 8 heteroatoms. The minimum absolute atomic E-state index is 0.00767. The summed E-state index contributed by atoms with van der Waals surface area (Å²) in [5, 5.41) is 17.0. The number of nitrogens with one attached hydrogen (secondary N) is 1. The Kier molecular flexibility index (Phi) is 4.97. The fraction of sp³-hybridized carbons (Fsp3) is 0.312. The number of fused-ring (bicyclic) bond motifs is 1. The van der Waals surface area contributed by atoms with Crippen molar-refractivity contribution in [1.29, 1.82) is 0 Å². The van der Waals surface area contributed by atoms with Crippen LogP contribution >= 0.6 is 0 Å². The maximum Gasteiger partial charge on any atom is 0.168 e. The number of nitrogens with zero attached hydrogens (tertiary/aromatic N) is 4. The Morgan fingerprint density at radius 2 is 2.08 bits per heavy atom. The van der Waals surface area contributed by atoms with Crippen LogP contribution in [0, 0.1) is 12.7 Å². The molecule has 0 amide bonds. The number of aliphatic hydroxyl groups is 1. The van der Waals surface area contributed by atoms with Gasteiger partial charge >= 0.3 is 0 Å². The molecule has 0 fully saturated rings. The van der Waals surface area contributed by atoms with Crippen LogP contribution in [0.5, 0.6) is 0 Å². The van der Waals surface area contributed by atoms with E-state index in [-0.39, 0.29) is 12.4 Å². The first-order valence-electron chi connectivity index (χ1n) is 7.60. The standard InChI is InChI=1S/C16H18FN5O2/c1-11-14-15(18-6-8-24-9-7-23)19-10-20-16(14)22(21-11)13-5-3-2-4-12(13)17/h2-5,10,23H,6-9H2,1H3,(H,18,19,20). The zero-order chi connectivity index (χ0) is 16.9. The second-order valence-electron chi connectivity index (χ2n) is 5.13. The Morgan fingerprint density at radius 1 is 1.25 bits per heavy atom. The van der Waals surface area contributed by atoms with Crippen molar-refractivity contribution in [3.8, 4) is 5.69 Å². The lowest BCUT2D eigenvalue weighted by Gasteiger charge is -2.07. The number of benzene rings is 1. The van der Waals surface area contributed by atoms with Gasteiger partial charge in [-0.1, -0.05) is 12.1 Å². The number of anilines is 1. The molecule has 0 aliphatic carbocycles. The van der Waals surface area contributed by atoms with Crippen LogP contribution in [0.3, 0.4) is 0 Å². The van der Waals surface area contributed by atoms with Gasteiger partial charge in [0, 0.05) is 6.54 Å². The van der Waals surface area contributed by atoms with Crippen molar-refractivity contribution in [1.82, 2.24) is 19.7 Å². The minimum atomic E-state index is -0.368. The van der Waals surface area contributed by atoms with Gasteiger partial charge in [-0.15, -0.1) is 0 Å². The smallest absolute Gasteiger partial charge is 0.168 e. The Labute approximate surface area is 138 Å². The van der Waals surface area contributed by atoms with E-state index < -0.39 is 0 Å². The fourth-order valence-electron chi connectivity index (χ4n) is 2.45. The van der Waals surface area contributed by atoms with Gasteiger partial charge in [0.05, 0.1) is 30.9 Å². The first-order valence-corrected chi connectivity index (χ1v) is 7.60. The molecule has 0 saturated carbocycles. The van der Waals surface area contributed by atoms with Crippen LogP contribution in [-0.2, 0) is 4.74 Å². The lowest BCUT2D eigenvalue weighted by Crippen LogP contribution is -2.12. The molecule has 1 aromatic carbocycles. The third-order valence-corrected chi connectivity index (χ3v) is 3.49. The van der Waals surface area contributed by atoms with E-state index in [4.69, 9.17) is 9.84 Å². The molecule has 0 bridgehead atoms. The van der Waals surface area contributed by atoms with Crippen molar-refractivity contribution in [2.24, 2.45) is 0 Å². The molecule has 7 nitrogen and oxygen atoms in total. The molecule has 0 aliphatic rings. The highest BCUT2D eigenvalue weighted by Gasteiger charge is 2.16. The van der Waals surface area contributed by atoms with Crippen molar-refractivity contribution >= 4 is 16.9 Å². The lowest BCUT2D eigenvalue weighted by atomic mass is 10.3. The monoisotopic (exact) mass is 331 g/mol. The molecule has 0 radical (unpaired) electrons. The van der Waals surface area contributed by atoms with Crippen LogP contribution in [0.4, 0.5) is 10.2 Å². The Hall–Kier alpha value is -2.58. The number of hydrogen-bond donors (Lipinski definition) is 2. The average Bonchev–Trinajstić information content (AvgIpc) is 2.93. The quantitative estimate of drug-likeness (QED) is 0.641. The highest BCUT2D eigenvalue weighted by molar-refractivity contribution is 5.90. The molecular weight excluding hydrogens is 313 g/mol. The third kappa shape index (κ3) is 3.19. The maximum absolute atomic E-state index is 14.1. The number of para-hydroxylation sites is 1. The van der Waals surface area contributed by atoms with Gasteiger partial charge in [-0.25, -0.2) is 19.0 Å². The zero-order valence-electron chi connectivity index (χ0n) is 13.2. The fourth-order valence-corrected chi connectivity index (χ4v) is 2.45. The van der Waals surface area contributed by atoms with E-state index in [1.807, 2.05) is 6.92 Å². The second-order valence-corrected chi connectivity index (χ2v) is 5.13. The van der Waals surface area contributed by atoms with Crippen LogP contribution in [-0.4, -0.2) is 51.2 Å². The summed E-state index contributed by atoms with van der Waals surface area (Å²) in [5.74, 6) is 0.250. The van der Waals surface area contributed by atoms with Crippen molar-refractivity contribution in [2.45, 2.75) is 6.92 Å². The molecule has 0 atom stereocenters. The Balaban J connectivity index is 1.92. The number of ether oxygens (including phenoxy) is 1. The van der Waals surface area contributed by atoms with E-state index in [2.05, 4.69) is 20.4 Å². The summed E-state index contributed by atoms with van der Waals surface area (Å²) in [6, 6.07) is 6.42. The average molecular weight is 331 g/mol. The third-order valence-electron chi connectivity index (χ3n) is 3.49. The molecule has 2 aromatic heterocycles. The molecule has 0 saturated heterocycles. The molecule has 126 valence electrons. The topological polar surface area (TPSA) is 85.1 Å². The summed E-state index contributed by atoms with van der Waals surface area (Å²) in [5.41, 5.74) is 1.57. The first kappa shape index (κ1) is 16.3. The molecule has 3 aromatic rings. The van der Waals surface area contributed by atoms with Gasteiger partial charge in [-0.2, -0.15) is 5.10 Å². The van der Waals surface area contributed by atoms with Gasteiger partial charge in [0.1, 0.15) is 23.6 Å². The number of aromatic nitrogens is 4. The van der Waals surface area contributed by atoms with Crippen molar-refractivity contribution in [3.63, 3.8) is 0 Å². The van der Waals surface area contributed by atoms with Gasteiger partial charge in [0.2, 0.25) is 0 Å². The largest absolute Gasteiger partial charge is 0.394 e. The first-order chi connectivity index (χ1) is 11.7.